The molecule has 0 aromatic rings. The minimum Gasteiger partial charge on any atom is -0.445 e. The van der Waals surface area contributed by atoms with Crippen LogP contribution in [0.2, 0.25) is 0 Å². The molecule has 1 fully saturated rings. The van der Waals surface area contributed by atoms with Gasteiger partial charge in [0.1, 0.15) is 12.7 Å². The number of hydrogen-bond acceptors (Lipinski definition) is 3. The van der Waals surface area contributed by atoms with E-state index < -0.39 is 6.09 Å². The van der Waals surface area contributed by atoms with E-state index in [4.69, 9.17) is 0 Å². The summed E-state index contributed by atoms with van der Waals surface area (Å²) in [5.74, 6) is 0. The van der Waals surface area contributed by atoms with Crippen molar-refractivity contribution in [3.8, 4) is 0 Å². The van der Waals surface area contributed by atoms with Gasteiger partial charge >= 0.3 is 6.09 Å². The van der Waals surface area contributed by atoms with Gasteiger partial charge in [0.2, 0.25) is 0 Å². The lowest BCUT2D eigenvalue weighted by Crippen LogP contribution is -2.38. The molecule has 1 N–H and O–H groups in total. The van der Waals surface area contributed by atoms with Crippen LogP contribution in [-0.2, 0) is 9.57 Å². The van der Waals surface area contributed by atoms with E-state index >= 15 is 0 Å². The molecule has 0 aliphatic carbocycles. The molecule has 1 saturated heterocycles. The van der Waals surface area contributed by atoms with Gasteiger partial charge in [-0.2, -0.15) is 5.48 Å². The lowest BCUT2D eigenvalue weighted by atomic mass is 10.4. The Kier molecular flexibility index (Phi) is 1.34. The smallest absolute Gasteiger partial charge is 0.431 e. The molecule has 1 rings (SSSR count). The number of hydrogen-bond donors (Lipinski definition) is 1. The Labute approximate surface area is 46.7 Å². The van der Waals surface area contributed by atoms with E-state index in [-0.39, 0.29) is 6.10 Å². The third kappa shape index (κ3) is 1.10. The van der Waals surface area contributed by atoms with Crippen LogP contribution < -0.4 is 5.48 Å². The van der Waals surface area contributed by atoms with Crippen molar-refractivity contribution in [3.05, 3.63) is 0 Å². The number of cyclic esters (lactones) is 1. The first-order valence-electron chi connectivity index (χ1n) is 2.37. The number of rotatable bonds is 0. The molecule has 1 amide bonds. The molecule has 1 aliphatic heterocycles. The van der Waals surface area contributed by atoms with E-state index in [0.29, 0.717) is 6.61 Å². The Morgan fingerprint density at radius 3 is 3.00 bits per heavy atom. The first kappa shape index (κ1) is 5.37. The van der Waals surface area contributed by atoms with Crippen LogP contribution in [0.4, 0.5) is 4.79 Å². The Hall–Kier alpha value is -0.770. The Bertz CT molecular complexity index is 93.5. The molecule has 1 aliphatic rings. The average molecular weight is 117 g/mol. The molecule has 0 aromatic carbocycles. The maximum atomic E-state index is 10.2. The Balaban J connectivity index is 2.29. The SMILES string of the molecule is CC1COC(=O)NO1. The Morgan fingerprint density at radius 2 is 2.62 bits per heavy atom. The van der Waals surface area contributed by atoms with Gasteiger partial charge in [-0.15, -0.1) is 0 Å². The zero-order valence-corrected chi connectivity index (χ0v) is 4.51. The van der Waals surface area contributed by atoms with E-state index in [1.54, 1.807) is 6.92 Å². The van der Waals surface area contributed by atoms with Crippen LogP contribution in [0, 0.1) is 0 Å². The van der Waals surface area contributed by atoms with Gasteiger partial charge in [-0.1, -0.05) is 0 Å². The predicted octanol–water partition coefficient (Wildman–Crippen LogP) is 0.0463. The van der Waals surface area contributed by atoms with Crippen LogP contribution in [0.5, 0.6) is 0 Å². The molecule has 0 aromatic heterocycles. The summed E-state index contributed by atoms with van der Waals surface area (Å²) in [7, 11) is 0. The van der Waals surface area contributed by atoms with Gasteiger partial charge in [-0.05, 0) is 6.92 Å². The monoisotopic (exact) mass is 117 g/mol. The third-order valence-corrected chi connectivity index (χ3v) is 0.793. The van der Waals surface area contributed by atoms with Gasteiger partial charge in [0, 0.05) is 0 Å². The molecule has 4 heteroatoms. The summed E-state index contributed by atoms with van der Waals surface area (Å²) in [5, 5.41) is 0. The molecule has 1 heterocycles. The predicted molar refractivity (Wildman–Crippen MR) is 25.0 cm³/mol. The second-order valence-electron chi connectivity index (χ2n) is 1.63. The normalized spacial score (nSPS) is 28.6. The van der Waals surface area contributed by atoms with E-state index in [1.165, 1.54) is 0 Å². The quantitative estimate of drug-likeness (QED) is 0.487. The topological polar surface area (TPSA) is 47.6 Å². The summed E-state index contributed by atoms with van der Waals surface area (Å²) in [5.41, 5.74) is 2.07. The standard InChI is InChI=1S/C4H7NO3/c1-3-2-7-4(6)5-8-3/h3H,2H2,1H3,(H,5,6). The first-order chi connectivity index (χ1) is 3.79. The lowest BCUT2D eigenvalue weighted by Gasteiger charge is -2.18. The summed E-state index contributed by atoms with van der Waals surface area (Å²) in [6.07, 6.45) is -0.546. The zero-order valence-electron chi connectivity index (χ0n) is 4.51. The van der Waals surface area contributed by atoms with E-state index in [9.17, 15) is 4.79 Å². The van der Waals surface area contributed by atoms with Gasteiger partial charge in [-0.3, -0.25) is 4.84 Å². The van der Waals surface area contributed by atoms with Crippen molar-refractivity contribution in [2.45, 2.75) is 13.0 Å². The van der Waals surface area contributed by atoms with E-state index in [1.807, 2.05) is 0 Å². The van der Waals surface area contributed by atoms with Crippen molar-refractivity contribution < 1.29 is 14.4 Å². The average Bonchev–Trinajstić information content (AvgIpc) is 1.77. The maximum Gasteiger partial charge on any atom is 0.431 e. The molecule has 0 bridgehead atoms. The summed E-state index contributed by atoms with van der Waals surface area (Å²) in [4.78, 5) is 14.8. The maximum absolute atomic E-state index is 10.2. The minimum absolute atomic E-state index is 0.0345. The lowest BCUT2D eigenvalue weighted by molar-refractivity contribution is -0.0794. The summed E-state index contributed by atoms with van der Waals surface area (Å²) in [6.45, 7) is 2.14. The molecule has 46 valence electrons. The third-order valence-electron chi connectivity index (χ3n) is 0.793. The van der Waals surface area contributed by atoms with Crippen molar-refractivity contribution in [1.29, 1.82) is 0 Å². The van der Waals surface area contributed by atoms with E-state index in [2.05, 4.69) is 15.1 Å². The van der Waals surface area contributed by atoms with Crippen molar-refractivity contribution in [2.75, 3.05) is 6.61 Å². The van der Waals surface area contributed by atoms with Crippen LogP contribution in [0.3, 0.4) is 0 Å². The highest BCUT2D eigenvalue weighted by Gasteiger charge is 2.14. The summed E-state index contributed by atoms with van der Waals surface area (Å²) in [6, 6.07) is 0. The minimum atomic E-state index is -0.511. The molecule has 0 spiro atoms. The second kappa shape index (κ2) is 2.00. The van der Waals surface area contributed by atoms with Gasteiger partial charge in [0.25, 0.3) is 0 Å². The molecule has 8 heavy (non-hydrogen) atoms. The van der Waals surface area contributed by atoms with Crippen LogP contribution in [0.1, 0.15) is 6.92 Å². The highest BCUT2D eigenvalue weighted by Crippen LogP contribution is 1.95. The van der Waals surface area contributed by atoms with Crippen LogP contribution in [-0.4, -0.2) is 18.8 Å². The number of amides is 1. The number of ether oxygens (including phenoxy) is 1. The van der Waals surface area contributed by atoms with Gasteiger partial charge < -0.3 is 4.74 Å². The number of carbonyl (C=O) groups is 1. The molecular weight excluding hydrogens is 110 g/mol. The van der Waals surface area contributed by atoms with Crippen LogP contribution in [0.25, 0.3) is 0 Å². The van der Waals surface area contributed by atoms with Crippen molar-refractivity contribution in [3.63, 3.8) is 0 Å². The van der Waals surface area contributed by atoms with Crippen LogP contribution in [0.15, 0.2) is 0 Å². The molecule has 0 saturated carbocycles. The van der Waals surface area contributed by atoms with Gasteiger partial charge in [0.15, 0.2) is 0 Å². The molecule has 4 nitrogen and oxygen atoms in total. The number of hydroxylamine groups is 1. The molecular formula is C4H7NO3. The molecule has 1 unspecified atom stereocenters. The first-order valence-corrected chi connectivity index (χ1v) is 2.37. The Morgan fingerprint density at radius 1 is 1.88 bits per heavy atom. The zero-order chi connectivity index (χ0) is 5.98. The largest absolute Gasteiger partial charge is 0.445 e. The second-order valence-corrected chi connectivity index (χ2v) is 1.63. The fraction of sp³-hybridized carbons (Fsp3) is 0.750. The fourth-order valence-electron chi connectivity index (χ4n) is 0.405. The van der Waals surface area contributed by atoms with Crippen molar-refractivity contribution >= 4 is 6.09 Å². The molecule has 0 radical (unpaired) electrons. The van der Waals surface area contributed by atoms with Gasteiger partial charge in [0.05, 0.1) is 0 Å². The van der Waals surface area contributed by atoms with Gasteiger partial charge in [-0.25, -0.2) is 4.79 Å². The number of carbonyl (C=O) groups excluding carboxylic acids is 1. The van der Waals surface area contributed by atoms with Crippen molar-refractivity contribution in [2.24, 2.45) is 0 Å². The fourth-order valence-corrected chi connectivity index (χ4v) is 0.405. The van der Waals surface area contributed by atoms with Crippen LogP contribution >= 0.6 is 0 Å². The summed E-state index contributed by atoms with van der Waals surface area (Å²) >= 11 is 0. The molecule has 1 atom stereocenters. The highest BCUT2D eigenvalue weighted by molar-refractivity contribution is 5.66. The summed E-state index contributed by atoms with van der Waals surface area (Å²) < 4.78 is 4.52. The highest BCUT2D eigenvalue weighted by atomic mass is 16.7. The number of nitrogens with one attached hydrogen (secondary N) is 1. The van der Waals surface area contributed by atoms with Crippen molar-refractivity contribution in [1.82, 2.24) is 5.48 Å². The van der Waals surface area contributed by atoms with E-state index in [0.717, 1.165) is 0 Å².